The Balaban J connectivity index is 2.08. The minimum Gasteiger partial charge on any atom is -0.348 e. The molecule has 0 heterocycles. The van der Waals surface area contributed by atoms with Gasteiger partial charge in [-0.25, -0.2) is 0 Å². The van der Waals surface area contributed by atoms with Crippen LogP contribution in [0.4, 0.5) is 5.69 Å². The summed E-state index contributed by atoms with van der Waals surface area (Å²) in [6, 6.07) is 8.29. The number of nitriles is 1. The van der Waals surface area contributed by atoms with Gasteiger partial charge in [-0.1, -0.05) is 38.0 Å². The van der Waals surface area contributed by atoms with Gasteiger partial charge >= 0.3 is 0 Å². The molecule has 0 radical (unpaired) electrons. The summed E-state index contributed by atoms with van der Waals surface area (Å²) >= 11 is 0. The third-order valence-electron chi connectivity index (χ3n) is 4.47. The molecule has 2 unspecified atom stereocenters. The molecule has 1 fully saturated rings. The van der Waals surface area contributed by atoms with Gasteiger partial charge in [0.15, 0.2) is 0 Å². The van der Waals surface area contributed by atoms with Gasteiger partial charge in [-0.15, -0.1) is 0 Å². The lowest BCUT2D eigenvalue weighted by molar-refractivity contribution is -0.385. The van der Waals surface area contributed by atoms with E-state index in [-0.39, 0.29) is 17.3 Å². The van der Waals surface area contributed by atoms with Gasteiger partial charge in [-0.05, 0) is 37.0 Å². The molecule has 2 rings (SSSR count). The van der Waals surface area contributed by atoms with Gasteiger partial charge in [0, 0.05) is 12.1 Å². The maximum Gasteiger partial charge on any atom is 0.276 e. The zero-order chi connectivity index (χ0) is 18.2. The molecule has 1 aliphatic carbocycles. The van der Waals surface area contributed by atoms with E-state index >= 15 is 0 Å². The van der Waals surface area contributed by atoms with Crippen molar-refractivity contribution in [2.75, 3.05) is 0 Å². The number of benzene rings is 1. The molecule has 6 nitrogen and oxygen atoms in total. The smallest absolute Gasteiger partial charge is 0.276 e. The Bertz CT molecular complexity index is 747. The molecular weight excluding hydrogens is 318 g/mol. The highest BCUT2D eigenvalue weighted by Crippen LogP contribution is 2.24. The van der Waals surface area contributed by atoms with E-state index in [9.17, 15) is 20.2 Å². The van der Waals surface area contributed by atoms with Crippen molar-refractivity contribution < 1.29 is 9.72 Å². The zero-order valence-electron chi connectivity index (χ0n) is 14.1. The first-order valence-corrected chi connectivity index (χ1v) is 8.35. The minimum absolute atomic E-state index is 0.00684. The summed E-state index contributed by atoms with van der Waals surface area (Å²) in [6.07, 6.45) is 8.66. The maximum absolute atomic E-state index is 12.3. The molecule has 1 N–H and O–H groups in total. The highest BCUT2D eigenvalue weighted by Gasteiger charge is 2.23. The van der Waals surface area contributed by atoms with Crippen LogP contribution in [-0.4, -0.2) is 16.9 Å². The number of allylic oxidation sites excluding steroid dienone is 2. The molecule has 0 bridgehead atoms. The number of amides is 1. The molecule has 1 aromatic rings. The highest BCUT2D eigenvalue weighted by atomic mass is 16.6. The summed E-state index contributed by atoms with van der Waals surface area (Å²) in [5.74, 6) is 0.00798. The first-order valence-electron chi connectivity index (χ1n) is 8.35. The van der Waals surface area contributed by atoms with E-state index in [1.807, 2.05) is 6.07 Å². The summed E-state index contributed by atoms with van der Waals surface area (Å²) in [5, 5.41) is 23.1. The van der Waals surface area contributed by atoms with Gasteiger partial charge in [-0.2, -0.15) is 5.26 Å². The van der Waals surface area contributed by atoms with Crippen LogP contribution in [0.3, 0.4) is 0 Å². The second kappa shape index (κ2) is 8.78. The maximum atomic E-state index is 12.3. The fraction of sp³-hybridized carbons (Fsp3) is 0.368. The monoisotopic (exact) mass is 339 g/mol. The molecule has 1 aromatic carbocycles. The van der Waals surface area contributed by atoms with Crippen molar-refractivity contribution in [1.82, 2.24) is 5.32 Å². The average Bonchev–Trinajstić information content (AvgIpc) is 2.61. The predicted molar refractivity (Wildman–Crippen MR) is 95.4 cm³/mol. The van der Waals surface area contributed by atoms with Gasteiger partial charge in [0.05, 0.1) is 10.5 Å². The first kappa shape index (κ1) is 18.4. The van der Waals surface area contributed by atoms with Crippen molar-refractivity contribution in [3.8, 4) is 6.07 Å². The lowest BCUT2D eigenvalue weighted by atomic mass is 9.86. The number of nitro groups is 1. The Kier molecular flexibility index (Phi) is 6.47. The SMILES string of the molecule is CC1CCCCC1NC(=O)C(C#N)=CC=Cc1ccccc1[N+](=O)[O-]. The topological polar surface area (TPSA) is 96.0 Å². The Morgan fingerprint density at radius 3 is 2.76 bits per heavy atom. The predicted octanol–water partition coefficient (Wildman–Crippen LogP) is 3.75. The second-order valence-electron chi connectivity index (χ2n) is 6.21. The number of nitrogens with one attached hydrogen (secondary N) is 1. The van der Waals surface area contributed by atoms with Crippen molar-refractivity contribution in [2.45, 2.75) is 38.6 Å². The van der Waals surface area contributed by atoms with Crippen LogP contribution < -0.4 is 5.32 Å². The van der Waals surface area contributed by atoms with E-state index in [0.29, 0.717) is 11.5 Å². The third kappa shape index (κ3) is 5.01. The number of para-hydroxylation sites is 1. The third-order valence-corrected chi connectivity index (χ3v) is 4.47. The molecule has 0 spiro atoms. The normalized spacial score (nSPS) is 20.9. The van der Waals surface area contributed by atoms with Gasteiger partial charge in [0.2, 0.25) is 0 Å². The Morgan fingerprint density at radius 2 is 2.08 bits per heavy atom. The van der Waals surface area contributed by atoms with Crippen molar-refractivity contribution in [2.24, 2.45) is 5.92 Å². The highest BCUT2D eigenvalue weighted by molar-refractivity contribution is 5.97. The van der Waals surface area contributed by atoms with Crippen LogP contribution >= 0.6 is 0 Å². The van der Waals surface area contributed by atoms with Crippen LogP contribution in [0.25, 0.3) is 6.08 Å². The largest absolute Gasteiger partial charge is 0.348 e. The number of rotatable bonds is 5. The lowest BCUT2D eigenvalue weighted by Gasteiger charge is -2.29. The quantitative estimate of drug-likeness (QED) is 0.290. The number of hydrogen-bond acceptors (Lipinski definition) is 4. The molecule has 2 atom stereocenters. The molecular formula is C19H21N3O3. The fourth-order valence-corrected chi connectivity index (χ4v) is 2.98. The molecule has 0 aliphatic heterocycles. The van der Waals surface area contributed by atoms with E-state index in [4.69, 9.17) is 0 Å². The molecule has 0 saturated heterocycles. The van der Waals surface area contributed by atoms with E-state index in [2.05, 4.69) is 12.2 Å². The van der Waals surface area contributed by atoms with Crippen LogP contribution in [0.5, 0.6) is 0 Å². The summed E-state index contributed by atoms with van der Waals surface area (Å²) in [6.45, 7) is 2.11. The van der Waals surface area contributed by atoms with Gasteiger partial charge in [-0.3, -0.25) is 14.9 Å². The minimum atomic E-state index is -0.467. The molecule has 25 heavy (non-hydrogen) atoms. The molecule has 1 saturated carbocycles. The molecule has 6 heteroatoms. The Morgan fingerprint density at radius 1 is 1.36 bits per heavy atom. The molecule has 1 aliphatic rings. The van der Waals surface area contributed by atoms with Crippen LogP contribution in [0.1, 0.15) is 38.2 Å². The number of nitro benzene ring substituents is 1. The molecule has 0 aromatic heterocycles. The number of nitrogens with zero attached hydrogens (tertiary/aromatic N) is 2. The van der Waals surface area contributed by atoms with Gasteiger partial charge < -0.3 is 5.32 Å². The fourth-order valence-electron chi connectivity index (χ4n) is 2.98. The van der Waals surface area contributed by atoms with Crippen molar-refractivity contribution >= 4 is 17.7 Å². The summed E-state index contributed by atoms with van der Waals surface area (Å²) < 4.78 is 0. The van der Waals surface area contributed by atoms with E-state index in [0.717, 1.165) is 19.3 Å². The number of carbonyl (C=O) groups excluding carboxylic acids is 1. The van der Waals surface area contributed by atoms with E-state index < -0.39 is 10.8 Å². The standard InChI is InChI=1S/C19H21N3O3/c1-14-7-2-4-11-17(14)21-19(23)16(13-20)10-6-9-15-8-3-5-12-18(15)22(24)25/h3,5-6,8-10,12,14,17H,2,4,7,11H2,1H3,(H,21,23). The van der Waals surface area contributed by atoms with E-state index in [1.54, 1.807) is 18.2 Å². The summed E-state index contributed by atoms with van der Waals surface area (Å²) in [5.41, 5.74) is 0.390. The van der Waals surface area contributed by atoms with Crippen LogP contribution in [-0.2, 0) is 4.79 Å². The van der Waals surface area contributed by atoms with Gasteiger partial charge in [0.25, 0.3) is 11.6 Å². The number of carbonyl (C=O) groups is 1. The summed E-state index contributed by atoms with van der Waals surface area (Å²) in [4.78, 5) is 22.8. The summed E-state index contributed by atoms with van der Waals surface area (Å²) in [7, 11) is 0. The lowest BCUT2D eigenvalue weighted by Crippen LogP contribution is -2.41. The van der Waals surface area contributed by atoms with Crippen molar-refractivity contribution in [1.29, 1.82) is 5.26 Å². The van der Waals surface area contributed by atoms with Crippen LogP contribution in [0.15, 0.2) is 42.0 Å². The Labute approximate surface area is 147 Å². The van der Waals surface area contributed by atoms with Crippen LogP contribution in [0, 0.1) is 27.4 Å². The molecule has 1 amide bonds. The average molecular weight is 339 g/mol. The van der Waals surface area contributed by atoms with Crippen LogP contribution in [0.2, 0.25) is 0 Å². The second-order valence-corrected chi connectivity index (χ2v) is 6.21. The van der Waals surface area contributed by atoms with Crippen molar-refractivity contribution in [3.63, 3.8) is 0 Å². The van der Waals surface area contributed by atoms with Crippen molar-refractivity contribution in [3.05, 3.63) is 57.7 Å². The zero-order valence-corrected chi connectivity index (χ0v) is 14.1. The molecule has 130 valence electrons. The van der Waals surface area contributed by atoms with Gasteiger partial charge in [0.1, 0.15) is 11.6 Å². The Hall–Kier alpha value is -2.94. The number of hydrogen-bond donors (Lipinski definition) is 1. The first-order chi connectivity index (χ1) is 12.0. The van der Waals surface area contributed by atoms with E-state index in [1.165, 1.54) is 30.7 Å².